The first-order chi connectivity index (χ1) is 9.51. The van der Waals surface area contributed by atoms with Crippen LogP contribution in [0.2, 0.25) is 0 Å². The highest BCUT2D eigenvalue weighted by atomic mass is 16.2. The Morgan fingerprint density at radius 1 is 1.35 bits per heavy atom. The van der Waals surface area contributed by atoms with E-state index in [0.29, 0.717) is 25.0 Å². The van der Waals surface area contributed by atoms with Gasteiger partial charge >= 0.3 is 6.03 Å². The molecule has 0 radical (unpaired) electrons. The van der Waals surface area contributed by atoms with Crippen LogP contribution in [0.5, 0.6) is 0 Å². The number of carbonyl (C=O) groups is 2. The molecule has 1 aliphatic heterocycles. The Labute approximate surface area is 121 Å². The van der Waals surface area contributed by atoms with Crippen molar-refractivity contribution in [2.45, 2.75) is 39.7 Å². The van der Waals surface area contributed by atoms with E-state index in [0.717, 1.165) is 26.1 Å². The van der Waals surface area contributed by atoms with Gasteiger partial charge in [0, 0.05) is 19.1 Å². The second kappa shape index (κ2) is 8.92. The predicted molar refractivity (Wildman–Crippen MR) is 79.5 cm³/mol. The number of nitrogens with zero attached hydrogens (tertiary/aromatic N) is 1. The molecular weight excluding hydrogens is 256 g/mol. The molecule has 116 valence electrons. The smallest absolute Gasteiger partial charge is 0.321 e. The van der Waals surface area contributed by atoms with Gasteiger partial charge in [-0.2, -0.15) is 0 Å². The quantitative estimate of drug-likeness (QED) is 0.666. The molecule has 6 heteroatoms. The zero-order valence-corrected chi connectivity index (χ0v) is 12.9. The van der Waals surface area contributed by atoms with Crippen LogP contribution in [0, 0.1) is 5.92 Å². The topological polar surface area (TPSA) is 73.5 Å². The summed E-state index contributed by atoms with van der Waals surface area (Å²) in [4.78, 5) is 25.1. The Bertz CT molecular complexity index is 320. The number of urea groups is 1. The second-order valence-corrected chi connectivity index (χ2v) is 5.71. The molecule has 0 aliphatic carbocycles. The van der Waals surface area contributed by atoms with E-state index in [1.54, 1.807) is 0 Å². The highest BCUT2D eigenvalue weighted by Gasteiger charge is 2.22. The third kappa shape index (κ3) is 6.86. The van der Waals surface area contributed by atoms with Crippen LogP contribution in [-0.2, 0) is 4.79 Å². The number of likely N-dealkylation sites (tertiary alicyclic amines) is 1. The summed E-state index contributed by atoms with van der Waals surface area (Å²) in [7, 11) is 0. The first-order valence-corrected chi connectivity index (χ1v) is 7.54. The molecule has 3 N–H and O–H groups in total. The zero-order chi connectivity index (χ0) is 15.0. The van der Waals surface area contributed by atoms with Crippen molar-refractivity contribution in [3.05, 3.63) is 0 Å². The van der Waals surface area contributed by atoms with Crippen LogP contribution in [0.15, 0.2) is 0 Å². The maximum atomic E-state index is 11.7. The van der Waals surface area contributed by atoms with Gasteiger partial charge in [-0.3, -0.25) is 15.0 Å². The third-order valence-electron chi connectivity index (χ3n) is 3.38. The van der Waals surface area contributed by atoms with E-state index in [1.807, 2.05) is 6.92 Å². The summed E-state index contributed by atoms with van der Waals surface area (Å²) in [6.45, 7) is 9.76. The summed E-state index contributed by atoms with van der Waals surface area (Å²) in [6.07, 6.45) is 2.31. The van der Waals surface area contributed by atoms with Gasteiger partial charge in [0.15, 0.2) is 0 Å². The van der Waals surface area contributed by atoms with Crippen molar-refractivity contribution >= 4 is 11.9 Å². The highest BCUT2D eigenvalue weighted by molar-refractivity contribution is 5.95. The maximum absolute atomic E-state index is 11.7. The SMILES string of the molecule is CCNC(=O)NC(=O)CN1CCCC(CNC(C)C)C1. The lowest BCUT2D eigenvalue weighted by atomic mass is 9.98. The molecule has 0 spiro atoms. The van der Waals surface area contributed by atoms with Crippen LogP contribution in [-0.4, -0.2) is 55.6 Å². The Morgan fingerprint density at radius 3 is 2.75 bits per heavy atom. The summed E-state index contributed by atoms with van der Waals surface area (Å²) in [5, 5.41) is 8.35. The minimum absolute atomic E-state index is 0.228. The number of nitrogens with one attached hydrogen (secondary N) is 3. The molecule has 0 aromatic heterocycles. The van der Waals surface area contributed by atoms with E-state index in [4.69, 9.17) is 0 Å². The van der Waals surface area contributed by atoms with Gasteiger partial charge in [0.05, 0.1) is 6.54 Å². The van der Waals surface area contributed by atoms with Crippen LogP contribution in [0.25, 0.3) is 0 Å². The first-order valence-electron chi connectivity index (χ1n) is 7.54. The van der Waals surface area contributed by atoms with Crippen LogP contribution < -0.4 is 16.0 Å². The summed E-state index contributed by atoms with van der Waals surface area (Å²) < 4.78 is 0. The van der Waals surface area contributed by atoms with Crippen LogP contribution >= 0.6 is 0 Å². The molecule has 0 aromatic carbocycles. The van der Waals surface area contributed by atoms with Crippen LogP contribution in [0.1, 0.15) is 33.6 Å². The van der Waals surface area contributed by atoms with Gasteiger partial charge in [0.25, 0.3) is 0 Å². The standard InChI is InChI=1S/C14H28N4O2/c1-4-15-14(20)17-13(19)10-18-7-5-6-12(9-18)8-16-11(2)3/h11-12,16H,4-10H2,1-3H3,(H2,15,17,19,20). The average Bonchev–Trinajstić information content (AvgIpc) is 2.36. The van der Waals surface area contributed by atoms with E-state index in [-0.39, 0.29) is 5.91 Å². The summed E-state index contributed by atoms with van der Waals surface area (Å²) in [5.74, 6) is 0.358. The molecular formula is C14H28N4O2. The van der Waals surface area contributed by atoms with Crippen molar-refractivity contribution in [3.63, 3.8) is 0 Å². The van der Waals surface area contributed by atoms with Crippen molar-refractivity contribution in [2.75, 3.05) is 32.7 Å². The number of hydrogen-bond acceptors (Lipinski definition) is 4. The molecule has 1 saturated heterocycles. The molecule has 3 amide bonds. The monoisotopic (exact) mass is 284 g/mol. The number of piperidine rings is 1. The van der Waals surface area contributed by atoms with Crippen LogP contribution in [0.4, 0.5) is 4.79 Å². The Kier molecular flexibility index (Phi) is 7.54. The molecule has 6 nitrogen and oxygen atoms in total. The number of amides is 3. The van der Waals surface area contributed by atoms with Gasteiger partial charge in [0.1, 0.15) is 0 Å². The predicted octanol–water partition coefficient (Wildman–Crippen LogP) is 0.542. The molecule has 20 heavy (non-hydrogen) atoms. The fraction of sp³-hybridized carbons (Fsp3) is 0.857. The Hall–Kier alpha value is -1.14. The van der Waals surface area contributed by atoms with Crippen molar-refractivity contribution in [3.8, 4) is 0 Å². The van der Waals surface area contributed by atoms with Gasteiger partial charge in [-0.15, -0.1) is 0 Å². The first kappa shape index (κ1) is 16.9. The lowest BCUT2D eigenvalue weighted by Gasteiger charge is -2.32. The molecule has 1 unspecified atom stereocenters. The van der Waals surface area contributed by atoms with Crippen molar-refractivity contribution in [2.24, 2.45) is 5.92 Å². The van der Waals surface area contributed by atoms with E-state index < -0.39 is 6.03 Å². The summed E-state index contributed by atoms with van der Waals surface area (Å²) >= 11 is 0. The number of rotatable bonds is 6. The average molecular weight is 284 g/mol. The normalized spacial score (nSPS) is 19.9. The second-order valence-electron chi connectivity index (χ2n) is 5.71. The van der Waals surface area contributed by atoms with Gasteiger partial charge < -0.3 is 10.6 Å². The molecule has 1 heterocycles. The molecule has 0 aromatic rings. The largest absolute Gasteiger partial charge is 0.338 e. The zero-order valence-electron chi connectivity index (χ0n) is 12.9. The van der Waals surface area contributed by atoms with E-state index in [9.17, 15) is 9.59 Å². The van der Waals surface area contributed by atoms with Gasteiger partial charge in [-0.1, -0.05) is 13.8 Å². The minimum Gasteiger partial charge on any atom is -0.338 e. The molecule has 1 atom stereocenters. The van der Waals surface area contributed by atoms with Gasteiger partial charge in [-0.25, -0.2) is 4.79 Å². The molecule has 0 bridgehead atoms. The van der Waals surface area contributed by atoms with Gasteiger partial charge in [-0.05, 0) is 38.8 Å². The van der Waals surface area contributed by atoms with Gasteiger partial charge in [0.2, 0.25) is 5.91 Å². The number of hydrogen-bond donors (Lipinski definition) is 3. The van der Waals surface area contributed by atoms with Crippen LogP contribution in [0.3, 0.4) is 0 Å². The fourth-order valence-electron chi connectivity index (χ4n) is 2.44. The molecule has 1 fully saturated rings. The Balaban J connectivity index is 2.28. The summed E-state index contributed by atoms with van der Waals surface area (Å²) in [5.41, 5.74) is 0. The lowest BCUT2D eigenvalue weighted by molar-refractivity contribution is -0.121. The number of carbonyl (C=O) groups excluding carboxylic acids is 2. The maximum Gasteiger partial charge on any atom is 0.321 e. The fourth-order valence-corrected chi connectivity index (χ4v) is 2.44. The Morgan fingerprint density at radius 2 is 2.10 bits per heavy atom. The lowest BCUT2D eigenvalue weighted by Crippen LogP contribution is -2.48. The molecule has 0 saturated carbocycles. The third-order valence-corrected chi connectivity index (χ3v) is 3.38. The van der Waals surface area contributed by atoms with Crippen molar-refractivity contribution in [1.29, 1.82) is 0 Å². The van der Waals surface area contributed by atoms with E-state index >= 15 is 0 Å². The minimum atomic E-state index is -0.410. The van der Waals surface area contributed by atoms with Crippen molar-refractivity contribution < 1.29 is 9.59 Å². The molecule has 1 rings (SSSR count). The van der Waals surface area contributed by atoms with Crippen molar-refractivity contribution in [1.82, 2.24) is 20.9 Å². The molecule has 1 aliphatic rings. The number of imide groups is 1. The summed E-state index contributed by atoms with van der Waals surface area (Å²) in [6, 6.07) is 0.0824. The van der Waals surface area contributed by atoms with E-state index in [1.165, 1.54) is 6.42 Å². The highest BCUT2D eigenvalue weighted by Crippen LogP contribution is 2.15. The van der Waals surface area contributed by atoms with E-state index in [2.05, 4.69) is 34.7 Å².